The maximum absolute atomic E-state index is 12.0. The van der Waals surface area contributed by atoms with Crippen LogP contribution >= 0.6 is 11.3 Å². The van der Waals surface area contributed by atoms with Gasteiger partial charge in [-0.3, -0.25) is 4.79 Å². The van der Waals surface area contributed by atoms with E-state index in [1.54, 1.807) is 24.4 Å². The molecule has 98 valence electrons. The molecule has 19 heavy (non-hydrogen) atoms. The molecule has 0 saturated heterocycles. The minimum Gasteiger partial charge on any atom is -0.465 e. The number of ether oxygens (including phenoxy) is 1. The number of carbonyl (C=O) groups excluding carboxylic acids is 2. The normalized spacial score (nSPS) is 10.0. The first-order chi connectivity index (χ1) is 9.10. The predicted molar refractivity (Wildman–Crippen MR) is 72.6 cm³/mol. The first kappa shape index (κ1) is 13.2. The van der Waals surface area contributed by atoms with Gasteiger partial charge in [-0.05, 0) is 36.8 Å². The molecule has 0 atom stereocenters. The Labute approximate surface area is 114 Å². The van der Waals surface area contributed by atoms with E-state index in [1.807, 2.05) is 13.0 Å². The molecule has 0 fully saturated rings. The SMILES string of the molecule is COC(=O)c1ccc(C(=O)Nc2cc(C)ccn2)s1. The van der Waals surface area contributed by atoms with Gasteiger partial charge in [-0.2, -0.15) is 0 Å². The molecular weight excluding hydrogens is 264 g/mol. The lowest BCUT2D eigenvalue weighted by Gasteiger charge is -2.02. The van der Waals surface area contributed by atoms with Crippen molar-refractivity contribution in [2.45, 2.75) is 6.92 Å². The summed E-state index contributed by atoms with van der Waals surface area (Å²) in [6.45, 7) is 1.91. The second kappa shape index (κ2) is 5.62. The van der Waals surface area contributed by atoms with Crippen molar-refractivity contribution >= 4 is 29.0 Å². The van der Waals surface area contributed by atoms with E-state index in [4.69, 9.17) is 0 Å². The van der Waals surface area contributed by atoms with Gasteiger partial charge in [0, 0.05) is 6.20 Å². The van der Waals surface area contributed by atoms with E-state index < -0.39 is 5.97 Å². The van der Waals surface area contributed by atoms with Gasteiger partial charge in [0.25, 0.3) is 5.91 Å². The number of carbonyl (C=O) groups is 2. The maximum atomic E-state index is 12.0. The Morgan fingerprint density at radius 1 is 1.26 bits per heavy atom. The lowest BCUT2D eigenvalue weighted by molar-refractivity contribution is 0.0606. The molecule has 2 aromatic heterocycles. The first-order valence-corrected chi connectivity index (χ1v) is 6.34. The molecule has 0 aliphatic rings. The number of esters is 1. The summed E-state index contributed by atoms with van der Waals surface area (Å²) >= 11 is 1.08. The van der Waals surface area contributed by atoms with Crippen molar-refractivity contribution in [3.8, 4) is 0 Å². The molecule has 6 heteroatoms. The number of hydrogen-bond acceptors (Lipinski definition) is 5. The highest BCUT2D eigenvalue weighted by Gasteiger charge is 2.14. The molecule has 0 saturated carbocycles. The Morgan fingerprint density at radius 3 is 2.68 bits per heavy atom. The van der Waals surface area contributed by atoms with E-state index in [9.17, 15) is 9.59 Å². The van der Waals surface area contributed by atoms with Crippen molar-refractivity contribution in [1.29, 1.82) is 0 Å². The summed E-state index contributed by atoms with van der Waals surface area (Å²) in [7, 11) is 1.30. The molecule has 0 aromatic carbocycles. The summed E-state index contributed by atoms with van der Waals surface area (Å²) < 4.78 is 4.59. The van der Waals surface area contributed by atoms with Crippen LogP contribution in [0.15, 0.2) is 30.5 Å². The van der Waals surface area contributed by atoms with Gasteiger partial charge in [0.15, 0.2) is 0 Å². The lowest BCUT2D eigenvalue weighted by Crippen LogP contribution is -2.11. The molecule has 2 aromatic rings. The van der Waals surface area contributed by atoms with E-state index >= 15 is 0 Å². The molecule has 0 spiro atoms. The number of aromatic nitrogens is 1. The van der Waals surface area contributed by atoms with Crippen molar-refractivity contribution in [3.63, 3.8) is 0 Å². The van der Waals surface area contributed by atoms with Gasteiger partial charge in [0.1, 0.15) is 10.7 Å². The Bertz CT molecular complexity index is 622. The molecule has 2 rings (SSSR count). The maximum Gasteiger partial charge on any atom is 0.348 e. The van der Waals surface area contributed by atoms with Crippen molar-refractivity contribution in [3.05, 3.63) is 45.8 Å². The highest BCUT2D eigenvalue weighted by atomic mass is 32.1. The number of rotatable bonds is 3. The highest BCUT2D eigenvalue weighted by molar-refractivity contribution is 7.16. The quantitative estimate of drug-likeness (QED) is 0.874. The van der Waals surface area contributed by atoms with E-state index in [-0.39, 0.29) is 5.91 Å². The summed E-state index contributed by atoms with van der Waals surface area (Å²) in [6, 6.07) is 6.76. The van der Waals surface area contributed by atoms with Crippen LogP contribution in [-0.4, -0.2) is 24.0 Å². The van der Waals surface area contributed by atoms with Crippen molar-refractivity contribution < 1.29 is 14.3 Å². The van der Waals surface area contributed by atoms with Crippen LogP contribution in [0.1, 0.15) is 24.9 Å². The zero-order chi connectivity index (χ0) is 13.8. The molecule has 0 bridgehead atoms. The standard InChI is InChI=1S/C13H12N2O3S/c1-8-5-6-14-11(7-8)15-12(16)9-3-4-10(19-9)13(17)18-2/h3-7H,1-2H3,(H,14,15,16). The number of hydrogen-bond donors (Lipinski definition) is 1. The van der Waals surface area contributed by atoms with Gasteiger partial charge in [0.05, 0.1) is 12.0 Å². The summed E-state index contributed by atoms with van der Waals surface area (Å²) in [4.78, 5) is 28.1. The number of thiophene rings is 1. The minimum absolute atomic E-state index is 0.293. The lowest BCUT2D eigenvalue weighted by atomic mass is 10.3. The average Bonchev–Trinajstić information content (AvgIpc) is 2.87. The Morgan fingerprint density at radius 2 is 2.00 bits per heavy atom. The number of methoxy groups -OCH3 is 1. The van der Waals surface area contributed by atoms with E-state index in [0.717, 1.165) is 16.9 Å². The number of amides is 1. The molecule has 0 aliphatic carbocycles. The van der Waals surface area contributed by atoms with Crippen molar-refractivity contribution in [2.24, 2.45) is 0 Å². The van der Waals surface area contributed by atoms with Gasteiger partial charge in [-0.15, -0.1) is 11.3 Å². The number of nitrogens with one attached hydrogen (secondary N) is 1. The van der Waals surface area contributed by atoms with Crippen molar-refractivity contribution in [1.82, 2.24) is 4.98 Å². The largest absolute Gasteiger partial charge is 0.465 e. The van der Waals surface area contributed by atoms with Gasteiger partial charge in [-0.1, -0.05) is 0 Å². The molecule has 0 radical (unpaired) electrons. The first-order valence-electron chi connectivity index (χ1n) is 5.52. The highest BCUT2D eigenvalue weighted by Crippen LogP contribution is 2.18. The van der Waals surface area contributed by atoms with Crippen LogP contribution in [-0.2, 0) is 4.74 Å². The van der Waals surface area contributed by atoms with Gasteiger partial charge < -0.3 is 10.1 Å². The van der Waals surface area contributed by atoms with Crippen LogP contribution in [0.4, 0.5) is 5.82 Å². The number of nitrogens with zero attached hydrogens (tertiary/aromatic N) is 1. The van der Waals surface area contributed by atoms with Crippen LogP contribution in [0.25, 0.3) is 0 Å². The number of anilines is 1. The third kappa shape index (κ3) is 3.17. The third-order valence-electron chi connectivity index (χ3n) is 2.37. The van der Waals surface area contributed by atoms with Crippen molar-refractivity contribution in [2.75, 3.05) is 12.4 Å². The molecule has 2 heterocycles. The van der Waals surface area contributed by atoms with Gasteiger partial charge in [-0.25, -0.2) is 9.78 Å². The van der Waals surface area contributed by atoms with E-state index in [0.29, 0.717) is 15.6 Å². The topological polar surface area (TPSA) is 68.3 Å². The summed E-state index contributed by atoms with van der Waals surface area (Å²) in [5.41, 5.74) is 1.01. The van der Waals surface area contributed by atoms with Gasteiger partial charge in [0.2, 0.25) is 0 Å². The molecule has 1 amide bonds. The fourth-order valence-corrected chi connectivity index (χ4v) is 2.27. The molecule has 1 N–H and O–H groups in total. The second-order valence-electron chi connectivity index (χ2n) is 3.83. The average molecular weight is 276 g/mol. The zero-order valence-corrected chi connectivity index (χ0v) is 11.3. The van der Waals surface area contributed by atoms with Crippen LogP contribution in [0, 0.1) is 6.92 Å². The van der Waals surface area contributed by atoms with Crippen LogP contribution < -0.4 is 5.32 Å². The molecule has 0 unspecified atom stereocenters. The molecule has 5 nitrogen and oxygen atoms in total. The summed E-state index contributed by atoms with van der Waals surface area (Å²) in [5.74, 6) is -0.256. The number of pyridine rings is 1. The fraction of sp³-hybridized carbons (Fsp3) is 0.154. The Kier molecular flexibility index (Phi) is 3.91. The smallest absolute Gasteiger partial charge is 0.348 e. The van der Waals surface area contributed by atoms with Crippen LogP contribution in [0.3, 0.4) is 0 Å². The molecule has 0 aliphatic heterocycles. The Balaban J connectivity index is 2.12. The van der Waals surface area contributed by atoms with Crippen LogP contribution in [0.2, 0.25) is 0 Å². The van der Waals surface area contributed by atoms with Gasteiger partial charge >= 0.3 is 5.97 Å². The molecular formula is C13H12N2O3S. The summed E-state index contributed by atoms with van der Waals surface area (Å²) in [6.07, 6.45) is 1.62. The fourth-order valence-electron chi connectivity index (χ4n) is 1.45. The number of aryl methyl sites for hydroxylation is 1. The van der Waals surface area contributed by atoms with E-state index in [2.05, 4.69) is 15.0 Å². The summed E-state index contributed by atoms with van der Waals surface area (Å²) in [5, 5.41) is 2.68. The van der Waals surface area contributed by atoms with Crippen LogP contribution in [0.5, 0.6) is 0 Å². The third-order valence-corrected chi connectivity index (χ3v) is 3.44. The monoisotopic (exact) mass is 276 g/mol. The zero-order valence-electron chi connectivity index (χ0n) is 10.5. The minimum atomic E-state index is -0.447. The van der Waals surface area contributed by atoms with E-state index in [1.165, 1.54) is 7.11 Å². The Hall–Kier alpha value is -2.21. The second-order valence-corrected chi connectivity index (χ2v) is 4.91. The predicted octanol–water partition coefficient (Wildman–Crippen LogP) is 2.49.